The van der Waals surface area contributed by atoms with E-state index in [9.17, 15) is 9.59 Å². The zero-order valence-electron chi connectivity index (χ0n) is 16.0. The number of nitrogens with zero attached hydrogens (tertiary/aromatic N) is 5. The first-order valence-corrected chi connectivity index (χ1v) is 9.11. The van der Waals surface area contributed by atoms with Gasteiger partial charge < -0.3 is 15.0 Å². The molecule has 3 rings (SSSR count). The Balaban J connectivity index is 1.68. The third kappa shape index (κ3) is 4.54. The molecule has 0 aliphatic carbocycles. The molecule has 1 aliphatic heterocycles. The van der Waals surface area contributed by atoms with Crippen LogP contribution >= 0.6 is 0 Å². The normalized spacial score (nSPS) is 17.1. The summed E-state index contributed by atoms with van der Waals surface area (Å²) in [6.45, 7) is 4.17. The van der Waals surface area contributed by atoms with Gasteiger partial charge in [0, 0.05) is 45.6 Å². The second-order valence-electron chi connectivity index (χ2n) is 6.81. The number of amides is 1. The SMILES string of the molecule is COCCn1nc(N2CCCC(NC(=O)c3cn(C)nc3C)C2)ccc1=O. The molecule has 9 heteroatoms. The van der Waals surface area contributed by atoms with Gasteiger partial charge in [-0.1, -0.05) is 0 Å². The fraction of sp³-hybridized carbons (Fsp3) is 0.556. The van der Waals surface area contributed by atoms with Gasteiger partial charge >= 0.3 is 0 Å². The average Bonchev–Trinajstić information content (AvgIpc) is 2.99. The maximum Gasteiger partial charge on any atom is 0.266 e. The third-order valence-corrected chi connectivity index (χ3v) is 4.70. The number of carbonyl (C=O) groups excluding carboxylic acids is 1. The fourth-order valence-corrected chi connectivity index (χ4v) is 3.33. The Morgan fingerprint density at radius 3 is 2.89 bits per heavy atom. The zero-order chi connectivity index (χ0) is 19.4. The van der Waals surface area contributed by atoms with Crippen LogP contribution in [0.3, 0.4) is 0 Å². The summed E-state index contributed by atoms with van der Waals surface area (Å²) in [6, 6.07) is 3.28. The van der Waals surface area contributed by atoms with Crippen molar-refractivity contribution >= 4 is 11.7 Å². The summed E-state index contributed by atoms with van der Waals surface area (Å²) < 4.78 is 8.09. The molecule has 146 valence electrons. The van der Waals surface area contributed by atoms with E-state index in [1.165, 1.54) is 10.7 Å². The Kier molecular flexibility index (Phi) is 5.90. The first-order chi connectivity index (χ1) is 13.0. The van der Waals surface area contributed by atoms with Gasteiger partial charge in [-0.2, -0.15) is 10.2 Å². The second kappa shape index (κ2) is 8.34. The highest BCUT2D eigenvalue weighted by Gasteiger charge is 2.24. The van der Waals surface area contributed by atoms with Gasteiger partial charge in [-0.25, -0.2) is 4.68 Å². The van der Waals surface area contributed by atoms with Crippen LogP contribution in [0.2, 0.25) is 0 Å². The summed E-state index contributed by atoms with van der Waals surface area (Å²) in [7, 11) is 3.40. The number of piperidine rings is 1. The molecule has 0 bridgehead atoms. The van der Waals surface area contributed by atoms with Crippen molar-refractivity contribution in [2.45, 2.75) is 32.4 Å². The van der Waals surface area contributed by atoms with Crippen molar-refractivity contribution < 1.29 is 9.53 Å². The Bertz CT molecular complexity index is 859. The molecule has 9 nitrogen and oxygen atoms in total. The van der Waals surface area contributed by atoms with Gasteiger partial charge in [0.1, 0.15) is 5.82 Å². The van der Waals surface area contributed by atoms with Gasteiger partial charge in [0.2, 0.25) is 0 Å². The molecule has 1 saturated heterocycles. The van der Waals surface area contributed by atoms with Gasteiger partial charge in [-0.15, -0.1) is 0 Å². The van der Waals surface area contributed by atoms with Crippen molar-refractivity contribution in [1.82, 2.24) is 24.9 Å². The van der Waals surface area contributed by atoms with E-state index in [0.29, 0.717) is 25.3 Å². The molecule has 0 saturated carbocycles. The zero-order valence-corrected chi connectivity index (χ0v) is 16.0. The van der Waals surface area contributed by atoms with Crippen LogP contribution in [0.1, 0.15) is 28.9 Å². The lowest BCUT2D eigenvalue weighted by molar-refractivity contribution is 0.0932. The molecule has 0 radical (unpaired) electrons. The van der Waals surface area contributed by atoms with E-state index in [2.05, 4.69) is 20.4 Å². The van der Waals surface area contributed by atoms with E-state index in [-0.39, 0.29) is 17.5 Å². The minimum Gasteiger partial charge on any atom is -0.383 e. The van der Waals surface area contributed by atoms with Crippen LogP contribution in [0.4, 0.5) is 5.82 Å². The number of methoxy groups -OCH3 is 1. The minimum absolute atomic E-state index is 0.0204. The molecule has 1 N–H and O–H groups in total. The Hall–Kier alpha value is -2.68. The predicted molar refractivity (Wildman–Crippen MR) is 101 cm³/mol. The third-order valence-electron chi connectivity index (χ3n) is 4.70. The van der Waals surface area contributed by atoms with E-state index < -0.39 is 0 Å². The van der Waals surface area contributed by atoms with Crippen LogP contribution in [0.5, 0.6) is 0 Å². The molecule has 1 unspecified atom stereocenters. The fourth-order valence-electron chi connectivity index (χ4n) is 3.33. The van der Waals surface area contributed by atoms with Crippen LogP contribution in [-0.4, -0.2) is 58.3 Å². The first kappa shape index (κ1) is 19.1. The molecule has 1 aliphatic rings. The summed E-state index contributed by atoms with van der Waals surface area (Å²) in [4.78, 5) is 26.6. The second-order valence-corrected chi connectivity index (χ2v) is 6.81. The average molecular weight is 374 g/mol. The van der Waals surface area contributed by atoms with Gasteiger partial charge in [0.15, 0.2) is 0 Å². The largest absolute Gasteiger partial charge is 0.383 e. The van der Waals surface area contributed by atoms with E-state index in [1.54, 1.807) is 31.1 Å². The quantitative estimate of drug-likeness (QED) is 0.783. The number of anilines is 1. The monoisotopic (exact) mass is 374 g/mol. The van der Waals surface area contributed by atoms with Gasteiger partial charge in [0.25, 0.3) is 11.5 Å². The molecular formula is C18H26N6O3. The van der Waals surface area contributed by atoms with Crippen LogP contribution in [-0.2, 0) is 18.3 Å². The topological polar surface area (TPSA) is 94.3 Å². The lowest BCUT2D eigenvalue weighted by Crippen LogP contribution is -2.48. The van der Waals surface area contributed by atoms with Crippen LogP contribution < -0.4 is 15.8 Å². The number of rotatable bonds is 6. The summed E-state index contributed by atoms with van der Waals surface area (Å²) in [5.41, 5.74) is 1.17. The maximum absolute atomic E-state index is 12.5. The minimum atomic E-state index is -0.148. The van der Waals surface area contributed by atoms with Crippen molar-refractivity contribution in [3.63, 3.8) is 0 Å². The maximum atomic E-state index is 12.5. The molecule has 0 spiro atoms. The summed E-state index contributed by atoms with van der Waals surface area (Å²) in [6.07, 6.45) is 3.58. The lowest BCUT2D eigenvalue weighted by atomic mass is 10.1. The molecule has 0 aromatic carbocycles. The molecule has 27 heavy (non-hydrogen) atoms. The molecule has 1 fully saturated rings. The Morgan fingerprint density at radius 1 is 1.37 bits per heavy atom. The van der Waals surface area contributed by atoms with E-state index >= 15 is 0 Å². The van der Waals surface area contributed by atoms with Crippen LogP contribution in [0.15, 0.2) is 23.1 Å². The van der Waals surface area contributed by atoms with Crippen molar-refractivity contribution in [1.29, 1.82) is 0 Å². The predicted octanol–water partition coefficient (Wildman–Crippen LogP) is 0.330. The number of ether oxygens (including phenoxy) is 1. The number of carbonyl (C=O) groups is 1. The van der Waals surface area contributed by atoms with E-state index in [4.69, 9.17) is 4.74 Å². The first-order valence-electron chi connectivity index (χ1n) is 9.11. The highest BCUT2D eigenvalue weighted by molar-refractivity contribution is 5.95. The number of aryl methyl sites for hydroxylation is 2. The summed E-state index contributed by atoms with van der Waals surface area (Å²) >= 11 is 0. The van der Waals surface area contributed by atoms with E-state index in [0.717, 1.165) is 30.9 Å². The highest BCUT2D eigenvalue weighted by Crippen LogP contribution is 2.17. The summed E-state index contributed by atoms with van der Waals surface area (Å²) in [5, 5.41) is 11.8. The number of aromatic nitrogens is 4. The highest BCUT2D eigenvalue weighted by atomic mass is 16.5. The Morgan fingerprint density at radius 2 is 2.19 bits per heavy atom. The smallest absolute Gasteiger partial charge is 0.266 e. The molecule has 2 aromatic rings. The molecule has 2 aromatic heterocycles. The number of hydrogen-bond donors (Lipinski definition) is 1. The van der Waals surface area contributed by atoms with E-state index in [1.807, 2.05) is 6.92 Å². The van der Waals surface area contributed by atoms with Crippen molar-refractivity contribution in [3.8, 4) is 0 Å². The molecular weight excluding hydrogens is 348 g/mol. The molecule has 1 amide bonds. The standard InChI is InChI=1S/C18H26N6O3/c1-13-15(12-22(2)20-13)18(26)19-14-5-4-8-23(11-14)16-6-7-17(25)24(21-16)9-10-27-3/h6-7,12,14H,4-5,8-11H2,1-3H3,(H,19,26). The molecule has 3 heterocycles. The van der Waals surface area contributed by atoms with Crippen molar-refractivity contribution in [3.05, 3.63) is 39.9 Å². The molecule has 1 atom stereocenters. The van der Waals surface area contributed by atoms with Crippen LogP contribution in [0, 0.1) is 6.92 Å². The summed E-state index contributed by atoms with van der Waals surface area (Å²) in [5.74, 6) is 0.632. The van der Waals surface area contributed by atoms with Gasteiger partial charge in [-0.3, -0.25) is 14.3 Å². The number of nitrogens with one attached hydrogen (secondary N) is 1. The van der Waals surface area contributed by atoms with Gasteiger partial charge in [0.05, 0.1) is 24.4 Å². The van der Waals surface area contributed by atoms with Crippen molar-refractivity contribution in [2.75, 3.05) is 31.7 Å². The number of hydrogen-bond acceptors (Lipinski definition) is 6. The van der Waals surface area contributed by atoms with Crippen molar-refractivity contribution in [2.24, 2.45) is 7.05 Å². The van der Waals surface area contributed by atoms with Gasteiger partial charge in [-0.05, 0) is 25.8 Å². The van der Waals surface area contributed by atoms with Crippen LogP contribution in [0.25, 0.3) is 0 Å². The Labute approximate surface area is 157 Å². The lowest BCUT2D eigenvalue weighted by Gasteiger charge is -2.34.